The lowest BCUT2D eigenvalue weighted by atomic mass is 9.94. The molecule has 24 heavy (non-hydrogen) atoms. The smallest absolute Gasteiger partial charge is 0.251 e. The molecule has 1 aromatic heterocycles. The molecule has 4 rings (SSSR count). The van der Waals surface area contributed by atoms with Crippen molar-refractivity contribution in [1.82, 2.24) is 10.3 Å². The summed E-state index contributed by atoms with van der Waals surface area (Å²) in [4.78, 5) is 15.2. The highest BCUT2D eigenvalue weighted by atomic mass is 16.1. The molecule has 122 valence electrons. The first-order valence-corrected chi connectivity index (χ1v) is 8.30. The van der Waals surface area contributed by atoms with E-state index in [1.807, 2.05) is 30.3 Å². The van der Waals surface area contributed by atoms with Crippen molar-refractivity contribution in [2.45, 2.75) is 18.9 Å². The molecule has 2 aromatic carbocycles. The fraction of sp³-hybridized carbons (Fsp3) is 0.250. The molecule has 1 aliphatic heterocycles. The molecule has 2 heterocycles. The van der Waals surface area contributed by atoms with Crippen LogP contribution in [0.2, 0.25) is 0 Å². The number of pyridine rings is 1. The molecule has 1 aliphatic rings. The first kappa shape index (κ1) is 15.0. The fourth-order valence-electron chi connectivity index (χ4n) is 3.19. The average Bonchev–Trinajstić information content (AvgIpc) is 2.56. The lowest BCUT2D eigenvalue weighted by Gasteiger charge is -2.41. The first-order valence-electron chi connectivity index (χ1n) is 8.30. The van der Waals surface area contributed by atoms with Gasteiger partial charge in [-0.3, -0.25) is 4.79 Å². The SMILES string of the molecule is CC1(Nc2ccc(Cc3cc4ccccc4[nH]c3=O)cc2)CNC1. The van der Waals surface area contributed by atoms with Gasteiger partial charge in [-0.05, 0) is 42.1 Å². The number of fused-ring (bicyclic) bond motifs is 1. The summed E-state index contributed by atoms with van der Waals surface area (Å²) in [5.41, 5.74) is 4.08. The number of H-pyrrole nitrogens is 1. The van der Waals surface area contributed by atoms with Crippen LogP contribution in [0.25, 0.3) is 10.9 Å². The third-order valence-corrected chi connectivity index (χ3v) is 4.66. The van der Waals surface area contributed by atoms with E-state index in [9.17, 15) is 4.79 Å². The van der Waals surface area contributed by atoms with Gasteiger partial charge in [0.25, 0.3) is 5.56 Å². The van der Waals surface area contributed by atoms with Crippen molar-refractivity contribution < 1.29 is 0 Å². The van der Waals surface area contributed by atoms with Crippen LogP contribution in [0, 0.1) is 0 Å². The number of para-hydroxylation sites is 1. The van der Waals surface area contributed by atoms with Gasteiger partial charge in [0.1, 0.15) is 0 Å². The van der Waals surface area contributed by atoms with Gasteiger partial charge >= 0.3 is 0 Å². The number of benzene rings is 2. The largest absolute Gasteiger partial charge is 0.377 e. The van der Waals surface area contributed by atoms with Gasteiger partial charge in [0.05, 0.1) is 5.54 Å². The van der Waals surface area contributed by atoms with Crippen LogP contribution < -0.4 is 16.2 Å². The van der Waals surface area contributed by atoms with Crippen LogP contribution >= 0.6 is 0 Å². The van der Waals surface area contributed by atoms with Gasteiger partial charge < -0.3 is 15.6 Å². The second-order valence-electron chi connectivity index (χ2n) is 6.87. The summed E-state index contributed by atoms with van der Waals surface area (Å²) in [5.74, 6) is 0. The van der Waals surface area contributed by atoms with Gasteiger partial charge in [-0.25, -0.2) is 0 Å². The van der Waals surface area contributed by atoms with Crippen LogP contribution in [0.4, 0.5) is 5.69 Å². The third kappa shape index (κ3) is 2.93. The van der Waals surface area contributed by atoms with E-state index in [1.54, 1.807) is 0 Å². The van der Waals surface area contributed by atoms with E-state index in [4.69, 9.17) is 0 Å². The molecule has 0 radical (unpaired) electrons. The Labute approximate surface area is 140 Å². The molecule has 0 saturated carbocycles. The van der Waals surface area contributed by atoms with E-state index in [1.165, 1.54) is 0 Å². The molecule has 3 N–H and O–H groups in total. The minimum absolute atomic E-state index is 0.0102. The number of hydrogen-bond acceptors (Lipinski definition) is 3. The molecule has 0 atom stereocenters. The standard InChI is InChI=1S/C20H21N3O/c1-20(12-21-13-20)23-17-8-6-14(7-9-17)10-16-11-15-4-2-3-5-18(15)22-19(16)24/h2-9,11,21,23H,10,12-13H2,1H3,(H,22,24). The van der Waals surface area contributed by atoms with Crippen LogP contribution in [-0.2, 0) is 6.42 Å². The maximum absolute atomic E-state index is 12.3. The van der Waals surface area contributed by atoms with Crippen molar-refractivity contribution in [1.29, 1.82) is 0 Å². The number of aromatic amines is 1. The topological polar surface area (TPSA) is 56.9 Å². The summed E-state index contributed by atoms with van der Waals surface area (Å²) in [6, 6.07) is 18.2. The number of nitrogens with one attached hydrogen (secondary N) is 3. The molecule has 1 fully saturated rings. The lowest BCUT2D eigenvalue weighted by Crippen LogP contribution is -2.62. The van der Waals surface area contributed by atoms with Gasteiger partial charge in [0.2, 0.25) is 0 Å². The number of aromatic nitrogens is 1. The molecule has 0 bridgehead atoms. The highest BCUT2D eigenvalue weighted by Gasteiger charge is 2.30. The predicted molar refractivity (Wildman–Crippen MR) is 98.7 cm³/mol. The molecular weight excluding hydrogens is 298 g/mol. The molecule has 0 spiro atoms. The Hall–Kier alpha value is -2.59. The predicted octanol–water partition coefficient (Wildman–Crippen LogP) is 2.89. The van der Waals surface area contributed by atoms with E-state index in [0.29, 0.717) is 6.42 Å². The van der Waals surface area contributed by atoms with E-state index in [2.05, 4.69) is 46.8 Å². The quantitative estimate of drug-likeness (QED) is 0.693. The Balaban J connectivity index is 1.54. The summed E-state index contributed by atoms with van der Waals surface area (Å²) < 4.78 is 0. The Morgan fingerprint density at radius 1 is 1.08 bits per heavy atom. The van der Waals surface area contributed by atoms with Crippen molar-refractivity contribution in [2.24, 2.45) is 0 Å². The van der Waals surface area contributed by atoms with Gasteiger partial charge in [-0.2, -0.15) is 0 Å². The number of anilines is 1. The van der Waals surface area contributed by atoms with Crippen molar-refractivity contribution in [3.05, 3.63) is 76.1 Å². The van der Waals surface area contributed by atoms with Gasteiger partial charge in [-0.15, -0.1) is 0 Å². The summed E-state index contributed by atoms with van der Waals surface area (Å²) >= 11 is 0. The van der Waals surface area contributed by atoms with E-state index >= 15 is 0 Å². The van der Waals surface area contributed by atoms with Crippen molar-refractivity contribution >= 4 is 16.6 Å². The van der Waals surface area contributed by atoms with Crippen LogP contribution in [0.5, 0.6) is 0 Å². The lowest BCUT2D eigenvalue weighted by molar-refractivity contribution is 0.338. The third-order valence-electron chi connectivity index (χ3n) is 4.66. The molecular formula is C20H21N3O. The van der Waals surface area contributed by atoms with E-state index in [0.717, 1.165) is 40.8 Å². The monoisotopic (exact) mass is 319 g/mol. The molecule has 0 unspecified atom stereocenters. The molecule has 0 aliphatic carbocycles. The molecule has 4 nitrogen and oxygen atoms in total. The Kier molecular flexibility index (Phi) is 3.62. The van der Waals surface area contributed by atoms with E-state index < -0.39 is 0 Å². The van der Waals surface area contributed by atoms with Crippen LogP contribution in [0.1, 0.15) is 18.1 Å². The Bertz CT molecular complexity index is 924. The first-order chi connectivity index (χ1) is 11.6. The number of rotatable bonds is 4. The summed E-state index contributed by atoms with van der Waals surface area (Å²) in [5, 5.41) is 7.90. The zero-order valence-electron chi connectivity index (χ0n) is 13.7. The zero-order valence-corrected chi connectivity index (χ0v) is 13.7. The summed E-state index contributed by atoms with van der Waals surface area (Å²) in [6.07, 6.45) is 0.638. The normalized spacial score (nSPS) is 15.9. The number of hydrogen-bond donors (Lipinski definition) is 3. The zero-order chi connectivity index (χ0) is 16.6. The van der Waals surface area contributed by atoms with Gasteiger partial charge in [-0.1, -0.05) is 30.3 Å². The Morgan fingerprint density at radius 2 is 1.83 bits per heavy atom. The average molecular weight is 319 g/mol. The van der Waals surface area contributed by atoms with Crippen molar-refractivity contribution in [3.63, 3.8) is 0 Å². The second kappa shape index (κ2) is 5.80. The van der Waals surface area contributed by atoms with Gasteiger partial charge in [0.15, 0.2) is 0 Å². The summed E-state index contributed by atoms with van der Waals surface area (Å²) in [7, 11) is 0. The maximum Gasteiger partial charge on any atom is 0.251 e. The Morgan fingerprint density at radius 3 is 2.54 bits per heavy atom. The fourth-order valence-corrected chi connectivity index (χ4v) is 3.19. The molecule has 3 aromatic rings. The highest BCUT2D eigenvalue weighted by Crippen LogP contribution is 2.20. The highest BCUT2D eigenvalue weighted by molar-refractivity contribution is 5.78. The second-order valence-corrected chi connectivity index (χ2v) is 6.87. The van der Waals surface area contributed by atoms with Crippen LogP contribution in [0.15, 0.2) is 59.4 Å². The van der Waals surface area contributed by atoms with Crippen molar-refractivity contribution in [2.75, 3.05) is 18.4 Å². The molecule has 0 amide bonds. The minimum atomic E-state index is -0.0102. The molecule has 4 heteroatoms. The molecule has 1 saturated heterocycles. The van der Waals surface area contributed by atoms with Gasteiger partial charge in [0, 0.05) is 36.3 Å². The van der Waals surface area contributed by atoms with Crippen LogP contribution in [0.3, 0.4) is 0 Å². The minimum Gasteiger partial charge on any atom is -0.377 e. The van der Waals surface area contributed by atoms with Crippen molar-refractivity contribution in [3.8, 4) is 0 Å². The van der Waals surface area contributed by atoms with Crippen LogP contribution in [-0.4, -0.2) is 23.6 Å². The van der Waals surface area contributed by atoms with E-state index in [-0.39, 0.29) is 11.1 Å². The maximum atomic E-state index is 12.3. The summed E-state index contributed by atoms with van der Waals surface area (Å²) in [6.45, 7) is 4.19.